The van der Waals surface area contributed by atoms with E-state index in [0.717, 1.165) is 11.1 Å². The van der Waals surface area contributed by atoms with Crippen LogP contribution in [0.5, 0.6) is 0 Å². The lowest BCUT2D eigenvalue weighted by Crippen LogP contribution is -2.42. The molecule has 0 bridgehead atoms. The van der Waals surface area contributed by atoms with Crippen molar-refractivity contribution in [2.75, 3.05) is 13.1 Å². The summed E-state index contributed by atoms with van der Waals surface area (Å²) in [6.45, 7) is 8.82. The van der Waals surface area contributed by atoms with Crippen LogP contribution in [0.25, 0.3) is 0 Å². The Labute approximate surface area is 149 Å². The summed E-state index contributed by atoms with van der Waals surface area (Å²) in [7, 11) is 3.71. The second-order valence-electron chi connectivity index (χ2n) is 7.45. The van der Waals surface area contributed by atoms with Crippen LogP contribution in [0.15, 0.2) is 24.5 Å². The summed E-state index contributed by atoms with van der Waals surface area (Å²) in [5, 5.41) is 5.94. The van der Waals surface area contributed by atoms with E-state index in [-0.39, 0.29) is 17.2 Å². The van der Waals surface area contributed by atoms with E-state index in [1.165, 1.54) is 0 Å². The molecule has 0 atom stereocenters. The van der Waals surface area contributed by atoms with Gasteiger partial charge in [-0.05, 0) is 42.5 Å². The van der Waals surface area contributed by atoms with Gasteiger partial charge in [0.2, 0.25) is 0 Å². The van der Waals surface area contributed by atoms with E-state index in [1.807, 2.05) is 75.5 Å². The van der Waals surface area contributed by atoms with Gasteiger partial charge in [0.1, 0.15) is 11.4 Å². The topological polar surface area (TPSA) is 68.1 Å². The van der Waals surface area contributed by atoms with E-state index >= 15 is 0 Å². The highest BCUT2D eigenvalue weighted by atomic mass is 16.2. The molecule has 0 spiro atoms. The molecular formula is C19H28N4O2. The van der Waals surface area contributed by atoms with Gasteiger partial charge in [-0.3, -0.25) is 9.59 Å². The molecule has 0 fully saturated rings. The highest BCUT2D eigenvalue weighted by molar-refractivity contribution is 5.94. The van der Waals surface area contributed by atoms with Gasteiger partial charge in [0.05, 0.1) is 0 Å². The Morgan fingerprint density at radius 3 is 1.52 bits per heavy atom. The van der Waals surface area contributed by atoms with E-state index in [9.17, 15) is 9.59 Å². The minimum Gasteiger partial charge on any atom is -0.350 e. The second-order valence-corrected chi connectivity index (χ2v) is 7.45. The predicted octanol–water partition coefficient (Wildman–Crippen LogP) is 2.17. The molecule has 0 saturated carbocycles. The Morgan fingerprint density at radius 1 is 0.880 bits per heavy atom. The molecule has 2 amide bonds. The zero-order chi connectivity index (χ0) is 18.8. The van der Waals surface area contributed by atoms with Crippen molar-refractivity contribution in [3.05, 3.63) is 47.0 Å². The number of carbonyl (C=O) groups excluding carboxylic acids is 2. The number of hydrogen-bond acceptors (Lipinski definition) is 2. The molecule has 2 heterocycles. The molecule has 6 heteroatoms. The molecule has 2 aromatic heterocycles. The van der Waals surface area contributed by atoms with Crippen molar-refractivity contribution in [1.29, 1.82) is 0 Å². The first-order chi connectivity index (χ1) is 11.6. The zero-order valence-electron chi connectivity index (χ0n) is 15.9. The smallest absolute Gasteiger partial charge is 0.268 e. The van der Waals surface area contributed by atoms with Crippen molar-refractivity contribution in [2.45, 2.75) is 27.7 Å². The summed E-state index contributed by atoms with van der Waals surface area (Å²) in [5.41, 5.74) is 2.97. The lowest BCUT2D eigenvalue weighted by Gasteiger charge is -2.25. The fourth-order valence-corrected chi connectivity index (χ4v) is 2.86. The van der Waals surface area contributed by atoms with Crippen molar-refractivity contribution in [3.63, 3.8) is 0 Å². The maximum absolute atomic E-state index is 12.4. The summed E-state index contributed by atoms with van der Waals surface area (Å²) < 4.78 is 3.63. The minimum absolute atomic E-state index is 0.0947. The predicted molar refractivity (Wildman–Crippen MR) is 98.7 cm³/mol. The van der Waals surface area contributed by atoms with Crippen molar-refractivity contribution in [3.8, 4) is 0 Å². The lowest BCUT2D eigenvalue weighted by atomic mass is 9.93. The molecule has 0 aliphatic heterocycles. The Bertz CT molecular complexity index is 680. The molecule has 6 nitrogen and oxygen atoms in total. The van der Waals surface area contributed by atoms with E-state index in [4.69, 9.17) is 0 Å². The standard InChI is InChI=1S/C19H28N4O2/c1-13-7-9-22(5)15(13)17(24)20-11-19(3,4)12-21-18(25)16-14(2)8-10-23(16)6/h7-10H,11-12H2,1-6H3,(H,20,24)(H,21,25). The Balaban J connectivity index is 1.91. The molecule has 0 aliphatic rings. The molecule has 0 unspecified atom stereocenters. The average molecular weight is 344 g/mol. The number of hydrogen-bond donors (Lipinski definition) is 2. The molecule has 0 aliphatic carbocycles. The summed E-state index contributed by atoms with van der Waals surface area (Å²) in [5.74, 6) is -0.189. The molecular weight excluding hydrogens is 316 g/mol. The molecule has 2 rings (SSSR count). The quantitative estimate of drug-likeness (QED) is 0.843. The number of carbonyl (C=O) groups is 2. The van der Waals surface area contributed by atoms with Crippen LogP contribution >= 0.6 is 0 Å². The third-order valence-corrected chi connectivity index (χ3v) is 4.43. The number of aryl methyl sites for hydroxylation is 4. The molecule has 0 radical (unpaired) electrons. The highest BCUT2D eigenvalue weighted by Gasteiger charge is 2.23. The molecule has 0 aromatic carbocycles. The lowest BCUT2D eigenvalue weighted by molar-refractivity contribution is 0.0911. The van der Waals surface area contributed by atoms with Crippen LogP contribution in [0.2, 0.25) is 0 Å². The molecule has 2 N–H and O–H groups in total. The second kappa shape index (κ2) is 7.17. The maximum atomic E-state index is 12.4. The van der Waals surface area contributed by atoms with Gasteiger partial charge in [0.15, 0.2) is 0 Å². The van der Waals surface area contributed by atoms with Gasteiger partial charge in [-0.15, -0.1) is 0 Å². The van der Waals surface area contributed by atoms with E-state index in [0.29, 0.717) is 24.5 Å². The monoisotopic (exact) mass is 344 g/mol. The van der Waals surface area contributed by atoms with Crippen LogP contribution in [0.4, 0.5) is 0 Å². The maximum Gasteiger partial charge on any atom is 0.268 e. The molecule has 136 valence electrons. The highest BCUT2D eigenvalue weighted by Crippen LogP contribution is 2.15. The van der Waals surface area contributed by atoms with Crippen LogP contribution in [0.3, 0.4) is 0 Å². The van der Waals surface area contributed by atoms with Crippen molar-refractivity contribution in [1.82, 2.24) is 19.8 Å². The van der Waals surface area contributed by atoms with Gasteiger partial charge in [0.25, 0.3) is 11.8 Å². The molecule has 25 heavy (non-hydrogen) atoms. The summed E-state index contributed by atoms with van der Waals surface area (Å²) in [6.07, 6.45) is 3.75. The number of rotatable bonds is 6. The summed E-state index contributed by atoms with van der Waals surface area (Å²) >= 11 is 0. The van der Waals surface area contributed by atoms with Crippen molar-refractivity contribution >= 4 is 11.8 Å². The Morgan fingerprint density at radius 2 is 1.24 bits per heavy atom. The minimum atomic E-state index is -0.260. The Hall–Kier alpha value is -2.50. The van der Waals surface area contributed by atoms with Gasteiger partial charge in [-0.1, -0.05) is 13.8 Å². The number of aromatic nitrogens is 2. The van der Waals surface area contributed by atoms with Crippen LogP contribution in [0.1, 0.15) is 46.0 Å². The summed E-state index contributed by atoms with van der Waals surface area (Å²) in [6, 6.07) is 3.84. The van der Waals surface area contributed by atoms with E-state index in [2.05, 4.69) is 10.6 Å². The van der Waals surface area contributed by atoms with Gasteiger partial charge in [0, 0.05) is 39.6 Å². The largest absolute Gasteiger partial charge is 0.350 e. The van der Waals surface area contributed by atoms with Gasteiger partial charge < -0.3 is 19.8 Å². The fourth-order valence-electron chi connectivity index (χ4n) is 2.86. The molecule has 0 saturated heterocycles. The first kappa shape index (κ1) is 18.8. The molecule has 2 aromatic rings. The van der Waals surface area contributed by atoms with Crippen molar-refractivity contribution < 1.29 is 9.59 Å². The first-order valence-corrected chi connectivity index (χ1v) is 8.42. The van der Waals surface area contributed by atoms with Crippen LogP contribution in [-0.2, 0) is 14.1 Å². The number of amides is 2. The van der Waals surface area contributed by atoms with Gasteiger partial charge in [-0.2, -0.15) is 0 Å². The third-order valence-electron chi connectivity index (χ3n) is 4.43. The average Bonchev–Trinajstić information content (AvgIpc) is 3.05. The van der Waals surface area contributed by atoms with Crippen LogP contribution in [0, 0.1) is 19.3 Å². The van der Waals surface area contributed by atoms with Crippen molar-refractivity contribution in [2.24, 2.45) is 19.5 Å². The SMILES string of the molecule is Cc1ccn(C)c1C(=O)NCC(C)(C)CNC(=O)c1c(C)ccn1C. The van der Waals surface area contributed by atoms with Crippen LogP contribution in [-0.4, -0.2) is 34.0 Å². The van der Waals surface area contributed by atoms with Gasteiger partial charge >= 0.3 is 0 Å². The normalized spacial score (nSPS) is 11.4. The van der Waals surface area contributed by atoms with E-state index in [1.54, 1.807) is 0 Å². The first-order valence-electron chi connectivity index (χ1n) is 8.42. The van der Waals surface area contributed by atoms with Crippen LogP contribution < -0.4 is 10.6 Å². The zero-order valence-corrected chi connectivity index (χ0v) is 15.9. The van der Waals surface area contributed by atoms with E-state index < -0.39 is 0 Å². The number of nitrogens with zero attached hydrogens (tertiary/aromatic N) is 2. The summed E-state index contributed by atoms with van der Waals surface area (Å²) in [4.78, 5) is 24.8. The Kier molecular flexibility index (Phi) is 5.40. The van der Waals surface area contributed by atoms with Gasteiger partial charge in [-0.25, -0.2) is 0 Å². The fraction of sp³-hybridized carbons (Fsp3) is 0.474. The number of nitrogens with one attached hydrogen (secondary N) is 2. The third kappa shape index (κ3) is 4.32.